The molecular formula is C31H31F2N7O4. The molecule has 0 bridgehead atoms. The maximum absolute atomic E-state index is 15.3. The van der Waals surface area contributed by atoms with Gasteiger partial charge in [0.1, 0.15) is 17.4 Å². The SMILES string of the molecule is CCCn1cc(-c2c(Oc3ccc(NC(=O)C4=CN(C(C)C)C(=O)N(c5ccc(F)cc5)C4O)cc3F)ccnc2N)cn1. The highest BCUT2D eigenvalue weighted by molar-refractivity contribution is 6.08. The molecule has 1 aliphatic heterocycles. The van der Waals surface area contributed by atoms with Crippen molar-refractivity contribution in [2.24, 2.45) is 0 Å². The van der Waals surface area contributed by atoms with E-state index >= 15 is 4.39 Å². The van der Waals surface area contributed by atoms with Crippen LogP contribution in [0.3, 0.4) is 0 Å². The number of nitrogens with one attached hydrogen (secondary N) is 1. The van der Waals surface area contributed by atoms with Crippen LogP contribution < -0.4 is 20.7 Å². The molecule has 1 unspecified atom stereocenters. The first-order chi connectivity index (χ1) is 21.1. The van der Waals surface area contributed by atoms with E-state index < -0.39 is 29.8 Å². The molecule has 4 aromatic rings. The third-order valence-electron chi connectivity index (χ3n) is 6.88. The van der Waals surface area contributed by atoms with E-state index in [1.54, 1.807) is 37.0 Å². The van der Waals surface area contributed by atoms with Gasteiger partial charge >= 0.3 is 6.03 Å². The van der Waals surface area contributed by atoms with E-state index in [4.69, 9.17) is 10.5 Å². The smallest absolute Gasteiger partial charge is 0.331 e. The highest BCUT2D eigenvalue weighted by Crippen LogP contribution is 2.38. The first kappa shape index (κ1) is 30.2. The van der Waals surface area contributed by atoms with Crippen LogP contribution in [0.2, 0.25) is 0 Å². The van der Waals surface area contributed by atoms with Crippen molar-refractivity contribution >= 4 is 29.1 Å². The van der Waals surface area contributed by atoms with Crippen molar-refractivity contribution in [3.8, 4) is 22.6 Å². The Morgan fingerprint density at radius 1 is 1.14 bits per heavy atom. The minimum atomic E-state index is -1.69. The number of carbonyl (C=O) groups excluding carboxylic acids is 2. The van der Waals surface area contributed by atoms with Gasteiger partial charge in [-0.25, -0.2) is 18.6 Å². The quantitative estimate of drug-likeness (QED) is 0.230. The van der Waals surface area contributed by atoms with Gasteiger partial charge in [-0.3, -0.25) is 19.3 Å². The minimum absolute atomic E-state index is 0.0737. The van der Waals surface area contributed by atoms with E-state index in [-0.39, 0.29) is 40.3 Å². The molecule has 0 aliphatic carbocycles. The zero-order chi connectivity index (χ0) is 31.5. The van der Waals surface area contributed by atoms with Crippen molar-refractivity contribution in [1.29, 1.82) is 0 Å². The highest BCUT2D eigenvalue weighted by atomic mass is 19.1. The number of halogens is 2. The summed E-state index contributed by atoms with van der Waals surface area (Å²) in [6, 6.07) is 9.35. The van der Waals surface area contributed by atoms with Gasteiger partial charge < -0.3 is 20.9 Å². The molecule has 44 heavy (non-hydrogen) atoms. The van der Waals surface area contributed by atoms with Crippen molar-refractivity contribution in [2.45, 2.75) is 46.0 Å². The number of nitrogen functional groups attached to an aromatic ring is 1. The molecule has 1 atom stereocenters. The molecule has 11 nitrogen and oxygen atoms in total. The van der Waals surface area contributed by atoms with Gasteiger partial charge in [-0.15, -0.1) is 0 Å². The van der Waals surface area contributed by atoms with E-state index in [1.165, 1.54) is 41.6 Å². The van der Waals surface area contributed by atoms with Gasteiger partial charge in [-0.2, -0.15) is 5.10 Å². The summed E-state index contributed by atoms with van der Waals surface area (Å²) in [6.45, 7) is 6.21. The number of nitrogens with two attached hydrogens (primary N) is 1. The summed E-state index contributed by atoms with van der Waals surface area (Å²) >= 11 is 0. The van der Waals surface area contributed by atoms with Gasteiger partial charge in [0, 0.05) is 54.2 Å². The molecule has 0 radical (unpaired) electrons. The van der Waals surface area contributed by atoms with Gasteiger partial charge in [0.25, 0.3) is 5.91 Å². The number of aryl methyl sites for hydroxylation is 1. The van der Waals surface area contributed by atoms with Crippen LogP contribution in [0.5, 0.6) is 11.5 Å². The molecule has 4 N–H and O–H groups in total. The second-order valence-corrected chi connectivity index (χ2v) is 10.4. The molecule has 1 aliphatic rings. The largest absolute Gasteiger partial charge is 0.453 e. The number of anilines is 3. The van der Waals surface area contributed by atoms with Crippen molar-refractivity contribution in [2.75, 3.05) is 16.0 Å². The lowest BCUT2D eigenvalue weighted by Gasteiger charge is -2.39. The molecule has 13 heteroatoms. The molecule has 3 heterocycles. The van der Waals surface area contributed by atoms with Gasteiger partial charge in [-0.05, 0) is 62.7 Å². The number of aliphatic hydroxyl groups is 1. The maximum atomic E-state index is 15.3. The zero-order valence-corrected chi connectivity index (χ0v) is 24.2. The Hall–Kier alpha value is -5.30. The van der Waals surface area contributed by atoms with E-state index in [1.807, 2.05) is 6.92 Å². The van der Waals surface area contributed by atoms with E-state index in [0.29, 0.717) is 17.7 Å². The second kappa shape index (κ2) is 12.5. The van der Waals surface area contributed by atoms with Crippen LogP contribution in [-0.2, 0) is 11.3 Å². The van der Waals surface area contributed by atoms with Gasteiger partial charge in [-0.1, -0.05) is 6.92 Å². The molecule has 2 aromatic heterocycles. The summed E-state index contributed by atoms with van der Waals surface area (Å²) in [5, 5.41) is 17.9. The number of hydrogen-bond acceptors (Lipinski definition) is 7. The third-order valence-corrected chi connectivity index (χ3v) is 6.88. The summed E-state index contributed by atoms with van der Waals surface area (Å²) in [5.41, 5.74) is 7.34. The Kier molecular flexibility index (Phi) is 8.58. The van der Waals surface area contributed by atoms with Crippen LogP contribution in [0.15, 0.2) is 78.9 Å². The number of hydrogen-bond donors (Lipinski definition) is 3. The fraction of sp³-hybridized carbons (Fsp3) is 0.226. The van der Waals surface area contributed by atoms with E-state index in [0.717, 1.165) is 29.5 Å². The minimum Gasteiger partial charge on any atom is -0.453 e. The summed E-state index contributed by atoms with van der Waals surface area (Å²) in [7, 11) is 0. The molecule has 0 spiro atoms. The van der Waals surface area contributed by atoms with Crippen molar-refractivity contribution < 1.29 is 28.2 Å². The molecule has 0 fully saturated rings. The number of rotatable bonds is 9. The fourth-order valence-corrected chi connectivity index (χ4v) is 4.70. The lowest BCUT2D eigenvalue weighted by Crippen LogP contribution is -2.55. The average Bonchev–Trinajstić information content (AvgIpc) is 3.43. The lowest BCUT2D eigenvalue weighted by molar-refractivity contribution is -0.113. The topological polar surface area (TPSA) is 139 Å². The lowest BCUT2D eigenvalue weighted by atomic mass is 10.1. The Morgan fingerprint density at radius 2 is 1.89 bits per heavy atom. The van der Waals surface area contributed by atoms with Gasteiger partial charge in [0.05, 0.1) is 17.3 Å². The highest BCUT2D eigenvalue weighted by Gasteiger charge is 2.38. The summed E-state index contributed by atoms with van der Waals surface area (Å²) < 4.78 is 36.5. The van der Waals surface area contributed by atoms with E-state index in [9.17, 15) is 19.1 Å². The van der Waals surface area contributed by atoms with Crippen LogP contribution in [0.25, 0.3) is 11.1 Å². The zero-order valence-electron chi connectivity index (χ0n) is 24.2. The molecule has 3 amide bonds. The van der Waals surface area contributed by atoms with Crippen LogP contribution >= 0.6 is 0 Å². The monoisotopic (exact) mass is 603 g/mol. The molecule has 2 aromatic carbocycles. The average molecular weight is 604 g/mol. The number of urea groups is 1. The first-order valence-corrected chi connectivity index (χ1v) is 13.9. The Balaban J connectivity index is 1.37. The fourth-order valence-electron chi connectivity index (χ4n) is 4.70. The summed E-state index contributed by atoms with van der Waals surface area (Å²) in [4.78, 5) is 32.8. The number of carbonyl (C=O) groups is 2. The number of amides is 3. The Bertz CT molecular complexity index is 1720. The van der Waals surface area contributed by atoms with E-state index in [2.05, 4.69) is 15.4 Å². The van der Waals surface area contributed by atoms with Crippen LogP contribution in [0.4, 0.5) is 30.8 Å². The Morgan fingerprint density at radius 3 is 2.57 bits per heavy atom. The summed E-state index contributed by atoms with van der Waals surface area (Å²) in [6.07, 6.45) is 5.33. The van der Waals surface area contributed by atoms with Gasteiger partial charge in [0.15, 0.2) is 17.8 Å². The number of ether oxygens (including phenoxy) is 1. The third kappa shape index (κ3) is 6.08. The molecule has 0 saturated heterocycles. The first-order valence-electron chi connectivity index (χ1n) is 13.9. The van der Waals surface area contributed by atoms with Crippen molar-refractivity contribution in [1.82, 2.24) is 19.7 Å². The predicted molar refractivity (Wildman–Crippen MR) is 161 cm³/mol. The Labute approximate surface area is 252 Å². The predicted octanol–water partition coefficient (Wildman–Crippen LogP) is 5.50. The number of aliphatic hydroxyl groups excluding tert-OH is 1. The van der Waals surface area contributed by atoms with Crippen LogP contribution in [-0.4, -0.2) is 49.0 Å². The van der Waals surface area contributed by atoms with Gasteiger partial charge in [0.2, 0.25) is 0 Å². The van der Waals surface area contributed by atoms with Crippen molar-refractivity contribution in [3.63, 3.8) is 0 Å². The molecule has 0 saturated carbocycles. The second-order valence-electron chi connectivity index (χ2n) is 10.4. The molecular weight excluding hydrogens is 572 g/mol. The standard InChI is InChI=1S/C31H31F2N7O4/c1-4-13-38-16-19(15-36-38)27-26(11-12-35-28(27)34)44-25-10-7-21(14-24(25)33)37-29(41)23-17-39(18(2)3)31(43)40(30(23)42)22-8-5-20(32)6-9-22/h5-12,14-18,30,42H,4,13H2,1-3H3,(H2,34,35)(H,37,41). The maximum Gasteiger partial charge on any atom is 0.331 e. The van der Waals surface area contributed by atoms with Crippen LogP contribution in [0.1, 0.15) is 27.2 Å². The normalized spacial score (nSPS) is 15.0. The summed E-state index contributed by atoms with van der Waals surface area (Å²) in [5.74, 6) is -1.76. The number of nitrogens with zero attached hydrogens (tertiary/aromatic N) is 5. The molecule has 228 valence electrons. The number of benzene rings is 2. The number of pyridine rings is 1. The molecule has 5 rings (SSSR count). The van der Waals surface area contributed by atoms with Crippen molar-refractivity contribution in [3.05, 3.63) is 90.5 Å². The number of aromatic nitrogens is 3. The van der Waals surface area contributed by atoms with Crippen LogP contribution in [0, 0.1) is 11.6 Å².